The van der Waals surface area contributed by atoms with Crippen LogP contribution < -0.4 is 0 Å². The van der Waals surface area contributed by atoms with Crippen molar-refractivity contribution in [1.82, 2.24) is 29.8 Å². The Morgan fingerprint density at radius 2 is 1.92 bits per heavy atom. The first-order chi connectivity index (χ1) is 12.1. The normalized spacial score (nSPS) is 15.7. The fraction of sp³-hybridized carbons (Fsp3) is 0.647. The van der Waals surface area contributed by atoms with Gasteiger partial charge in [-0.25, -0.2) is 0 Å². The lowest BCUT2D eigenvalue weighted by Gasteiger charge is -2.34. The number of aryl methyl sites for hydroxylation is 3. The second kappa shape index (κ2) is 7.77. The van der Waals surface area contributed by atoms with Crippen molar-refractivity contribution in [2.45, 2.75) is 40.2 Å². The van der Waals surface area contributed by atoms with E-state index in [1.165, 1.54) is 0 Å². The summed E-state index contributed by atoms with van der Waals surface area (Å²) < 4.78 is 7.57. The number of aromatic nitrogens is 4. The van der Waals surface area contributed by atoms with Crippen LogP contribution in [-0.4, -0.2) is 68.4 Å². The zero-order valence-electron chi connectivity index (χ0n) is 15.2. The standard InChI is InChI=1S/C17H26N6O2/c1-4-21-8-10-22(11-9-21)16(24)7-6-15-18-19-17(25-15)14-12-13(3)20-23(14)5-2/h12H,4-11H2,1-3H3. The van der Waals surface area contributed by atoms with Gasteiger partial charge in [-0.05, 0) is 26.5 Å². The van der Waals surface area contributed by atoms with Crippen LogP contribution in [0.4, 0.5) is 0 Å². The predicted octanol–water partition coefficient (Wildman–Crippen LogP) is 1.36. The Kier molecular flexibility index (Phi) is 5.47. The molecule has 8 nitrogen and oxygen atoms in total. The molecule has 0 bridgehead atoms. The van der Waals surface area contributed by atoms with Crippen molar-refractivity contribution in [1.29, 1.82) is 0 Å². The van der Waals surface area contributed by atoms with E-state index >= 15 is 0 Å². The van der Waals surface area contributed by atoms with Gasteiger partial charge in [0.2, 0.25) is 11.8 Å². The van der Waals surface area contributed by atoms with Crippen LogP contribution in [0.2, 0.25) is 0 Å². The molecular weight excluding hydrogens is 320 g/mol. The van der Waals surface area contributed by atoms with Gasteiger partial charge in [0.1, 0.15) is 5.69 Å². The zero-order chi connectivity index (χ0) is 17.8. The van der Waals surface area contributed by atoms with E-state index in [0.717, 1.165) is 50.7 Å². The maximum Gasteiger partial charge on any atom is 0.265 e. The third-order valence-electron chi connectivity index (χ3n) is 4.61. The van der Waals surface area contributed by atoms with Crippen molar-refractivity contribution >= 4 is 5.91 Å². The van der Waals surface area contributed by atoms with E-state index in [4.69, 9.17) is 4.42 Å². The van der Waals surface area contributed by atoms with Crippen molar-refractivity contribution < 1.29 is 9.21 Å². The smallest absolute Gasteiger partial charge is 0.265 e. The molecule has 25 heavy (non-hydrogen) atoms. The van der Waals surface area contributed by atoms with Crippen molar-refractivity contribution in [3.8, 4) is 11.6 Å². The molecule has 0 atom stereocenters. The number of likely N-dealkylation sites (N-methyl/N-ethyl adjacent to an activating group) is 1. The summed E-state index contributed by atoms with van der Waals surface area (Å²) in [4.78, 5) is 16.6. The summed E-state index contributed by atoms with van der Waals surface area (Å²) in [5.74, 6) is 1.11. The van der Waals surface area contributed by atoms with Crippen LogP contribution in [0.1, 0.15) is 31.9 Å². The van der Waals surface area contributed by atoms with Gasteiger partial charge in [0, 0.05) is 45.6 Å². The molecular formula is C17H26N6O2. The molecule has 3 heterocycles. The summed E-state index contributed by atoms with van der Waals surface area (Å²) >= 11 is 0. The Balaban J connectivity index is 1.56. The van der Waals surface area contributed by atoms with Crippen molar-refractivity contribution in [2.75, 3.05) is 32.7 Å². The molecule has 1 aliphatic heterocycles. The average Bonchev–Trinajstić information content (AvgIpc) is 3.25. The van der Waals surface area contributed by atoms with Crippen molar-refractivity contribution in [3.05, 3.63) is 17.7 Å². The third kappa shape index (κ3) is 4.07. The van der Waals surface area contributed by atoms with Crippen LogP contribution in [0.25, 0.3) is 11.6 Å². The number of hydrogen-bond donors (Lipinski definition) is 0. The minimum absolute atomic E-state index is 0.157. The molecule has 3 rings (SSSR count). The molecule has 0 unspecified atom stereocenters. The molecule has 0 N–H and O–H groups in total. The van der Waals surface area contributed by atoms with Gasteiger partial charge >= 0.3 is 0 Å². The lowest BCUT2D eigenvalue weighted by Crippen LogP contribution is -2.48. The fourth-order valence-corrected chi connectivity index (χ4v) is 3.10. The van der Waals surface area contributed by atoms with Gasteiger partial charge in [-0.3, -0.25) is 9.48 Å². The van der Waals surface area contributed by atoms with Crippen LogP contribution in [-0.2, 0) is 17.8 Å². The lowest BCUT2D eigenvalue weighted by atomic mass is 10.2. The molecule has 0 radical (unpaired) electrons. The van der Waals surface area contributed by atoms with Gasteiger partial charge in [-0.2, -0.15) is 5.10 Å². The van der Waals surface area contributed by atoms with Crippen LogP contribution in [0.15, 0.2) is 10.5 Å². The zero-order valence-corrected chi connectivity index (χ0v) is 15.2. The molecule has 1 saturated heterocycles. The Bertz CT molecular complexity index is 715. The number of amides is 1. The van der Waals surface area contributed by atoms with Crippen molar-refractivity contribution in [2.24, 2.45) is 0 Å². The summed E-state index contributed by atoms with van der Waals surface area (Å²) in [6, 6.07) is 1.93. The minimum atomic E-state index is 0.157. The van der Waals surface area contributed by atoms with Crippen LogP contribution in [0.3, 0.4) is 0 Å². The first-order valence-electron chi connectivity index (χ1n) is 8.98. The maximum atomic E-state index is 12.4. The maximum absolute atomic E-state index is 12.4. The van der Waals surface area contributed by atoms with Gasteiger partial charge in [-0.1, -0.05) is 6.92 Å². The lowest BCUT2D eigenvalue weighted by molar-refractivity contribution is -0.132. The number of carbonyl (C=O) groups is 1. The summed E-state index contributed by atoms with van der Waals surface area (Å²) in [5.41, 5.74) is 1.73. The van der Waals surface area contributed by atoms with Gasteiger partial charge < -0.3 is 14.2 Å². The topological polar surface area (TPSA) is 80.3 Å². The van der Waals surface area contributed by atoms with Crippen molar-refractivity contribution in [3.63, 3.8) is 0 Å². The Labute approximate surface area is 147 Å². The molecule has 0 aliphatic carbocycles. The Hall–Kier alpha value is -2.22. The second-order valence-corrected chi connectivity index (χ2v) is 6.30. The third-order valence-corrected chi connectivity index (χ3v) is 4.61. The molecule has 2 aromatic heterocycles. The highest BCUT2D eigenvalue weighted by Gasteiger charge is 2.21. The summed E-state index contributed by atoms with van der Waals surface area (Å²) in [6.45, 7) is 11.4. The highest BCUT2D eigenvalue weighted by molar-refractivity contribution is 5.76. The first kappa shape index (κ1) is 17.6. The minimum Gasteiger partial charge on any atom is -0.419 e. The summed E-state index contributed by atoms with van der Waals surface area (Å²) in [5, 5.41) is 12.6. The summed E-state index contributed by atoms with van der Waals surface area (Å²) in [7, 11) is 0. The molecule has 0 aromatic carbocycles. The SMILES string of the molecule is CCN1CCN(C(=O)CCc2nnc(-c3cc(C)nn3CC)o2)CC1. The number of rotatable bonds is 6. The Morgan fingerprint density at radius 3 is 2.60 bits per heavy atom. The van der Waals surface area contributed by atoms with Crippen LogP contribution in [0, 0.1) is 6.92 Å². The van der Waals surface area contributed by atoms with Gasteiger partial charge in [0.15, 0.2) is 0 Å². The average molecular weight is 346 g/mol. The van der Waals surface area contributed by atoms with E-state index in [0.29, 0.717) is 24.6 Å². The summed E-state index contributed by atoms with van der Waals surface area (Å²) in [6.07, 6.45) is 0.874. The van der Waals surface area contributed by atoms with Gasteiger partial charge in [-0.15, -0.1) is 10.2 Å². The molecule has 1 amide bonds. The van der Waals surface area contributed by atoms with Gasteiger partial charge in [0.25, 0.3) is 5.89 Å². The van der Waals surface area contributed by atoms with E-state index in [9.17, 15) is 4.79 Å². The van der Waals surface area contributed by atoms with E-state index in [1.807, 2.05) is 29.5 Å². The highest BCUT2D eigenvalue weighted by atomic mass is 16.4. The first-order valence-corrected chi connectivity index (χ1v) is 8.98. The molecule has 1 aliphatic rings. The second-order valence-electron chi connectivity index (χ2n) is 6.30. The van der Waals surface area contributed by atoms with Crippen LogP contribution >= 0.6 is 0 Å². The molecule has 0 spiro atoms. The number of nitrogens with zero attached hydrogens (tertiary/aromatic N) is 6. The molecule has 0 saturated carbocycles. The molecule has 8 heteroatoms. The molecule has 1 fully saturated rings. The predicted molar refractivity (Wildman–Crippen MR) is 92.9 cm³/mol. The quantitative estimate of drug-likeness (QED) is 0.786. The van der Waals surface area contributed by atoms with E-state index < -0.39 is 0 Å². The van der Waals surface area contributed by atoms with E-state index in [1.54, 1.807) is 0 Å². The Morgan fingerprint density at radius 1 is 1.16 bits per heavy atom. The fourth-order valence-electron chi connectivity index (χ4n) is 3.10. The number of piperazine rings is 1. The van der Waals surface area contributed by atoms with Gasteiger partial charge in [0.05, 0.1) is 5.69 Å². The number of carbonyl (C=O) groups excluding carboxylic acids is 1. The molecule has 136 valence electrons. The number of hydrogen-bond acceptors (Lipinski definition) is 6. The largest absolute Gasteiger partial charge is 0.419 e. The van der Waals surface area contributed by atoms with E-state index in [-0.39, 0.29) is 5.91 Å². The monoisotopic (exact) mass is 346 g/mol. The van der Waals surface area contributed by atoms with Crippen LogP contribution in [0.5, 0.6) is 0 Å². The highest BCUT2D eigenvalue weighted by Crippen LogP contribution is 2.19. The molecule has 2 aromatic rings. The van der Waals surface area contributed by atoms with E-state index in [2.05, 4.69) is 27.1 Å².